The van der Waals surface area contributed by atoms with Crippen molar-refractivity contribution in [2.24, 2.45) is 18.1 Å². The lowest BCUT2D eigenvalue weighted by molar-refractivity contribution is -0.126. The molecule has 0 bridgehead atoms. The number of thiazole rings is 1. The molecule has 1 atom stereocenters. The second-order valence-corrected chi connectivity index (χ2v) is 8.12. The minimum absolute atomic E-state index is 0.141. The summed E-state index contributed by atoms with van der Waals surface area (Å²) in [5, 5.41) is 20.9. The first kappa shape index (κ1) is 21.1. The predicted octanol–water partition coefficient (Wildman–Crippen LogP) is 2.39. The molecule has 1 aliphatic rings. The van der Waals surface area contributed by atoms with E-state index in [1.165, 1.54) is 28.9 Å². The van der Waals surface area contributed by atoms with Gasteiger partial charge in [-0.15, -0.1) is 16.4 Å². The van der Waals surface area contributed by atoms with Crippen LogP contribution in [-0.2, 0) is 28.0 Å². The summed E-state index contributed by atoms with van der Waals surface area (Å²) in [5.74, 6) is 0.886. The lowest BCUT2D eigenvalue weighted by Crippen LogP contribution is -2.28. The maximum absolute atomic E-state index is 12.2. The van der Waals surface area contributed by atoms with Gasteiger partial charge in [-0.3, -0.25) is 10.1 Å². The van der Waals surface area contributed by atoms with Gasteiger partial charge in [-0.05, 0) is 36.1 Å². The van der Waals surface area contributed by atoms with E-state index in [2.05, 4.69) is 31.0 Å². The lowest BCUT2D eigenvalue weighted by atomic mass is 10.1. The Labute approximate surface area is 183 Å². The highest BCUT2D eigenvalue weighted by atomic mass is 32.1. The number of oxime groups is 1. The minimum atomic E-state index is -0.512. The summed E-state index contributed by atoms with van der Waals surface area (Å²) >= 11 is 1.32. The summed E-state index contributed by atoms with van der Waals surface area (Å²) in [5.41, 5.74) is 1.99. The molecular formula is C20H23N7O3S. The number of hydrogen-bond donors (Lipinski definition) is 1. The molecular weight excluding hydrogens is 418 g/mol. The molecule has 0 saturated heterocycles. The van der Waals surface area contributed by atoms with E-state index in [-0.39, 0.29) is 12.5 Å². The Bertz CT molecular complexity index is 1050. The van der Waals surface area contributed by atoms with Crippen LogP contribution in [0.3, 0.4) is 0 Å². The SMILES string of the molecule is CC(OCC1CC1)C(=O)Nc1nc(CO/N=C(\c2ccccc2)c2nnnn2C)cs1. The smallest absolute Gasteiger partial charge is 0.254 e. The monoisotopic (exact) mass is 441 g/mol. The van der Waals surface area contributed by atoms with Crippen molar-refractivity contribution in [3.8, 4) is 0 Å². The van der Waals surface area contributed by atoms with Gasteiger partial charge in [-0.2, -0.15) is 0 Å². The number of hydrogen-bond acceptors (Lipinski definition) is 9. The van der Waals surface area contributed by atoms with Gasteiger partial charge < -0.3 is 9.57 Å². The number of nitrogens with zero attached hydrogens (tertiary/aromatic N) is 6. The largest absolute Gasteiger partial charge is 0.389 e. The fourth-order valence-electron chi connectivity index (χ4n) is 2.69. The van der Waals surface area contributed by atoms with Crippen molar-refractivity contribution in [3.05, 3.63) is 52.8 Å². The molecule has 3 aromatic rings. The summed E-state index contributed by atoms with van der Waals surface area (Å²) < 4.78 is 7.12. The zero-order valence-corrected chi connectivity index (χ0v) is 18.1. The first-order valence-electron chi connectivity index (χ1n) is 9.95. The summed E-state index contributed by atoms with van der Waals surface area (Å²) in [6.07, 6.45) is 1.86. The molecule has 1 amide bonds. The lowest BCUT2D eigenvalue weighted by Gasteiger charge is -2.11. The van der Waals surface area contributed by atoms with Gasteiger partial charge in [0.15, 0.2) is 17.5 Å². The molecule has 0 aliphatic heterocycles. The number of anilines is 1. The third-order valence-corrected chi connectivity index (χ3v) is 5.48. The van der Waals surface area contributed by atoms with Gasteiger partial charge in [-0.25, -0.2) is 9.67 Å². The molecule has 2 aromatic heterocycles. The molecule has 31 heavy (non-hydrogen) atoms. The number of rotatable bonds is 10. The van der Waals surface area contributed by atoms with Crippen LogP contribution in [0.2, 0.25) is 0 Å². The van der Waals surface area contributed by atoms with E-state index in [0.717, 1.165) is 5.56 Å². The van der Waals surface area contributed by atoms with Crippen LogP contribution < -0.4 is 5.32 Å². The highest BCUT2D eigenvalue weighted by Crippen LogP contribution is 2.29. The first-order chi connectivity index (χ1) is 15.1. The number of ether oxygens (including phenoxy) is 1. The Morgan fingerprint density at radius 3 is 2.87 bits per heavy atom. The Morgan fingerprint density at radius 2 is 2.16 bits per heavy atom. The summed E-state index contributed by atoms with van der Waals surface area (Å²) in [7, 11) is 1.73. The van der Waals surface area contributed by atoms with Gasteiger partial charge in [0.05, 0.1) is 12.3 Å². The van der Waals surface area contributed by atoms with Crippen molar-refractivity contribution in [1.29, 1.82) is 0 Å². The fraction of sp³-hybridized carbons (Fsp3) is 0.400. The Kier molecular flexibility index (Phi) is 6.63. The summed E-state index contributed by atoms with van der Waals surface area (Å²) in [6.45, 7) is 2.52. The van der Waals surface area contributed by atoms with E-state index in [9.17, 15) is 4.79 Å². The Morgan fingerprint density at radius 1 is 1.35 bits per heavy atom. The molecule has 1 unspecified atom stereocenters. The van der Waals surface area contributed by atoms with Crippen LogP contribution in [0.5, 0.6) is 0 Å². The van der Waals surface area contributed by atoms with E-state index in [1.54, 1.807) is 14.0 Å². The van der Waals surface area contributed by atoms with E-state index in [1.807, 2.05) is 35.7 Å². The number of benzene rings is 1. The standard InChI is InChI=1S/C20H23N7O3S/c1-13(29-10-14-8-9-14)19(28)22-20-21-16(12-31-20)11-30-24-17(15-6-4-3-5-7-15)18-23-25-26-27(18)2/h3-7,12-14H,8-11H2,1-2H3,(H,21,22,28)/b24-17+. The van der Waals surface area contributed by atoms with Gasteiger partial charge in [-0.1, -0.05) is 35.5 Å². The van der Waals surface area contributed by atoms with Crippen LogP contribution >= 0.6 is 11.3 Å². The molecule has 1 aromatic carbocycles. The normalized spacial score (nSPS) is 15.0. The molecule has 1 aliphatic carbocycles. The van der Waals surface area contributed by atoms with Crippen LogP contribution in [0, 0.1) is 5.92 Å². The van der Waals surface area contributed by atoms with Crippen molar-refractivity contribution in [3.63, 3.8) is 0 Å². The van der Waals surface area contributed by atoms with Crippen molar-refractivity contribution >= 4 is 28.1 Å². The van der Waals surface area contributed by atoms with Crippen LogP contribution in [0.25, 0.3) is 0 Å². The molecule has 10 nitrogen and oxygen atoms in total. The van der Waals surface area contributed by atoms with Crippen molar-refractivity contribution in [2.45, 2.75) is 32.5 Å². The van der Waals surface area contributed by atoms with Gasteiger partial charge in [0.25, 0.3) is 5.91 Å². The molecule has 1 fully saturated rings. The molecule has 2 heterocycles. The second kappa shape index (κ2) is 9.75. The Balaban J connectivity index is 1.36. The Hall–Kier alpha value is -3.18. The number of amides is 1. The topological polar surface area (TPSA) is 116 Å². The fourth-order valence-corrected chi connectivity index (χ4v) is 3.39. The minimum Gasteiger partial charge on any atom is -0.389 e. The van der Waals surface area contributed by atoms with Crippen molar-refractivity contribution < 1.29 is 14.4 Å². The number of nitrogens with one attached hydrogen (secondary N) is 1. The molecule has 4 rings (SSSR count). The van der Waals surface area contributed by atoms with Gasteiger partial charge >= 0.3 is 0 Å². The summed E-state index contributed by atoms with van der Waals surface area (Å²) in [6, 6.07) is 9.53. The molecule has 162 valence electrons. The van der Waals surface area contributed by atoms with Crippen molar-refractivity contribution in [1.82, 2.24) is 25.2 Å². The molecule has 0 spiro atoms. The first-order valence-corrected chi connectivity index (χ1v) is 10.8. The van der Waals surface area contributed by atoms with E-state index in [0.29, 0.717) is 34.9 Å². The number of tetrazole rings is 1. The molecule has 1 N–H and O–H groups in total. The average molecular weight is 442 g/mol. The molecule has 1 saturated carbocycles. The molecule has 0 radical (unpaired) electrons. The zero-order chi connectivity index (χ0) is 21.6. The third-order valence-electron chi connectivity index (χ3n) is 4.68. The second-order valence-electron chi connectivity index (χ2n) is 7.26. The third kappa shape index (κ3) is 5.70. The van der Waals surface area contributed by atoms with Crippen LogP contribution in [0.15, 0.2) is 40.9 Å². The summed E-state index contributed by atoms with van der Waals surface area (Å²) in [4.78, 5) is 22.2. The van der Waals surface area contributed by atoms with Gasteiger partial charge in [0, 0.05) is 18.0 Å². The number of carbonyl (C=O) groups excluding carboxylic acids is 1. The van der Waals surface area contributed by atoms with E-state index < -0.39 is 6.10 Å². The van der Waals surface area contributed by atoms with E-state index in [4.69, 9.17) is 9.57 Å². The van der Waals surface area contributed by atoms with Crippen molar-refractivity contribution in [2.75, 3.05) is 11.9 Å². The number of carbonyl (C=O) groups is 1. The predicted molar refractivity (Wildman–Crippen MR) is 115 cm³/mol. The zero-order valence-electron chi connectivity index (χ0n) is 17.3. The van der Waals surface area contributed by atoms with Crippen LogP contribution in [0.1, 0.15) is 36.8 Å². The number of aryl methyl sites for hydroxylation is 1. The number of aromatic nitrogens is 5. The highest BCUT2D eigenvalue weighted by Gasteiger charge is 2.24. The van der Waals surface area contributed by atoms with Crippen LogP contribution in [-0.4, -0.2) is 49.5 Å². The molecule has 11 heteroatoms. The van der Waals surface area contributed by atoms with E-state index >= 15 is 0 Å². The van der Waals surface area contributed by atoms with Gasteiger partial charge in [0.2, 0.25) is 5.82 Å². The highest BCUT2D eigenvalue weighted by molar-refractivity contribution is 7.13. The maximum Gasteiger partial charge on any atom is 0.254 e. The quantitative estimate of drug-likeness (QED) is 0.379. The van der Waals surface area contributed by atoms with Gasteiger partial charge in [0.1, 0.15) is 6.10 Å². The maximum atomic E-state index is 12.2. The average Bonchev–Trinajstić information content (AvgIpc) is 3.36. The van der Waals surface area contributed by atoms with Crippen LogP contribution in [0.4, 0.5) is 5.13 Å².